The van der Waals surface area contributed by atoms with Gasteiger partial charge in [-0.25, -0.2) is 0 Å². The molecule has 104 valence electrons. The fraction of sp³-hybridized carbons (Fsp3) is 0.533. The molecule has 0 bridgehead atoms. The molecule has 1 unspecified atom stereocenters. The van der Waals surface area contributed by atoms with E-state index in [2.05, 4.69) is 53.6 Å². The van der Waals surface area contributed by atoms with Crippen LogP contribution in [-0.4, -0.2) is 32.1 Å². The van der Waals surface area contributed by atoms with Gasteiger partial charge in [-0.3, -0.25) is 4.79 Å². The highest BCUT2D eigenvalue weighted by atomic mass is 16.1. The van der Waals surface area contributed by atoms with Crippen molar-refractivity contribution >= 4 is 11.6 Å². The van der Waals surface area contributed by atoms with Crippen LogP contribution in [0.15, 0.2) is 24.3 Å². The number of rotatable bonds is 4. The van der Waals surface area contributed by atoms with E-state index in [9.17, 15) is 4.79 Å². The molecule has 1 aliphatic rings. The Morgan fingerprint density at radius 1 is 1.32 bits per heavy atom. The lowest BCUT2D eigenvalue weighted by atomic mass is 10.1. The van der Waals surface area contributed by atoms with Gasteiger partial charge in [-0.2, -0.15) is 0 Å². The first kappa shape index (κ1) is 13.9. The molecule has 1 atom stereocenters. The van der Waals surface area contributed by atoms with E-state index in [1.165, 1.54) is 11.3 Å². The Morgan fingerprint density at radius 3 is 2.74 bits per heavy atom. The molecule has 2 N–H and O–H groups in total. The smallest absolute Gasteiger partial charge is 0.221 e. The number of benzene rings is 1. The van der Waals surface area contributed by atoms with Crippen molar-refractivity contribution < 1.29 is 4.79 Å². The van der Waals surface area contributed by atoms with Crippen molar-refractivity contribution in [3.8, 4) is 0 Å². The summed E-state index contributed by atoms with van der Waals surface area (Å²) in [5, 5.41) is 6.31. The van der Waals surface area contributed by atoms with Crippen LogP contribution >= 0.6 is 0 Å². The van der Waals surface area contributed by atoms with Crippen molar-refractivity contribution in [2.75, 3.05) is 31.1 Å². The fourth-order valence-electron chi connectivity index (χ4n) is 2.42. The second kappa shape index (κ2) is 6.57. The number of nitrogens with one attached hydrogen (secondary N) is 2. The molecular weight excluding hydrogens is 238 g/mol. The van der Waals surface area contributed by atoms with Crippen LogP contribution in [0.1, 0.15) is 31.9 Å². The van der Waals surface area contributed by atoms with E-state index in [4.69, 9.17) is 0 Å². The third-order valence-corrected chi connectivity index (χ3v) is 3.58. The van der Waals surface area contributed by atoms with Crippen LogP contribution in [0.2, 0.25) is 0 Å². The molecule has 1 aromatic carbocycles. The molecule has 0 aromatic heterocycles. The number of anilines is 1. The van der Waals surface area contributed by atoms with Gasteiger partial charge in [0.05, 0.1) is 0 Å². The topological polar surface area (TPSA) is 44.4 Å². The maximum absolute atomic E-state index is 11.3. The van der Waals surface area contributed by atoms with E-state index >= 15 is 0 Å². The highest BCUT2D eigenvalue weighted by Crippen LogP contribution is 2.19. The van der Waals surface area contributed by atoms with Gasteiger partial charge in [0.1, 0.15) is 0 Å². The summed E-state index contributed by atoms with van der Waals surface area (Å²) in [5.41, 5.74) is 2.50. The summed E-state index contributed by atoms with van der Waals surface area (Å²) < 4.78 is 0. The van der Waals surface area contributed by atoms with Crippen LogP contribution < -0.4 is 15.5 Å². The number of carbonyl (C=O) groups is 1. The van der Waals surface area contributed by atoms with Crippen LogP contribution in [0.25, 0.3) is 0 Å². The van der Waals surface area contributed by atoms with Gasteiger partial charge in [0.15, 0.2) is 0 Å². The first-order valence-corrected chi connectivity index (χ1v) is 7.05. The first-order chi connectivity index (χ1) is 9.20. The molecule has 0 saturated carbocycles. The van der Waals surface area contributed by atoms with Crippen LogP contribution in [0.4, 0.5) is 5.69 Å². The molecule has 1 aliphatic heterocycles. The molecule has 0 aliphatic carbocycles. The van der Waals surface area contributed by atoms with Crippen molar-refractivity contribution in [3.05, 3.63) is 29.8 Å². The molecule has 2 rings (SSSR count). The lowest BCUT2D eigenvalue weighted by molar-refractivity contribution is -0.120. The number of carbonyl (C=O) groups excluding carboxylic acids is 1. The van der Waals surface area contributed by atoms with Gasteiger partial charge in [-0.15, -0.1) is 0 Å². The SMILES string of the molecule is CCNC(C)c1ccc(N2CCNC(=O)CC2)cc1. The Labute approximate surface area is 115 Å². The Balaban J connectivity index is 2.03. The van der Waals surface area contributed by atoms with Crippen molar-refractivity contribution in [2.45, 2.75) is 26.3 Å². The largest absolute Gasteiger partial charge is 0.369 e. The van der Waals surface area contributed by atoms with Gasteiger partial charge in [0.2, 0.25) is 5.91 Å². The van der Waals surface area contributed by atoms with E-state index in [0.29, 0.717) is 12.5 Å². The Morgan fingerprint density at radius 2 is 2.05 bits per heavy atom. The highest BCUT2D eigenvalue weighted by Gasteiger charge is 2.14. The number of nitrogens with zero attached hydrogens (tertiary/aromatic N) is 1. The molecule has 0 radical (unpaired) electrons. The summed E-state index contributed by atoms with van der Waals surface area (Å²) >= 11 is 0. The summed E-state index contributed by atoms with van der Waals surface area (Å²) in [6, 6.07) is 9.02. The molecule has 1 amide bonds. The van der Waals surface area contributed by atoms with Crippen LogP contribution in [-0.2, 0) is 4.79 Å². The van der Waals surface area contributed by atoms with Crippen molar-refractivity contribution in [2.24, 2.45) is 0 Å². The first-order valence-electron chi connectivity index (χ1n) is 7.05. The third-order valence-electron chi connectivity index (χ3n) is 3.58. The van der Waals surface area contributed by atoms with Crippen molar-refractivity contribution in [3.63, 3.8) is 0 Å². The van der Waals surface area contributed by atoms with E-state index < -0.39 is 0 Å². The van der Waals surface area contributed by atoms with E-state index in [1.807, 2.05) is 0 Å². The number of hydrogen-bond acceptors (Lipinski definition) is 3. The van der Waals surface area contributed by atoms with Crippen molar-refractivity contribution in [1.82, 2.24) is 10.6 Å². The zero-order valence-electron chi connectivity index (χ0n) is 11.8. The van der Waals surface area contributed by atoms with Gasteiger partial charge in [0, 0.05) is 37.8 Å². The molecule has 1 saturated heterocycles. The monoisotopic (exact) mass is 261 g/mol. The van der Waals surface area contributed by atoms with Gasteiger partial charge in [-0.1, -0.05) is 19.1 Å². The maximum Gasteiger partial charge on any atom is 0.221 e. The summed E-state index contributed by atoms with van der Waals surface area (Å²) in [6.07, 6.45) is 0.579. The number of hydrogen-bond donors (Lipinski definition) is 2. The summed E-state index contributed by atoms with van der Waals surface area (Å²) in [5.74, 6) is 0.153. The van der Waals surface area contributed by atoms with Gasteiger partial charge >= 0.3 is 0 Å². The second-order valence-corrected chi connectivity index (χ2v) is 4.96. The van der Waals surface area contributed by atoms with Gasteiger partial charge in [-0.05, 0) is 31.2 Å². The Bertz CT molecular complexity index is 416. The maximum atomic E-state index is 11.3. The average Bonchev–Trinajstić information content (AvgIpc) is 2.64. The predicted octanol–water partition coefficient (Wildman–Crippen LogP) is 1.68. The quantitative estimate of drug-likeness (QED) is 0.867. The van der Waals surface area contributed by atoms with E-state index in [1.54, 1.807) is 0 Å². The Hall–Kier alpha value is -1.55. The molecular formula is C15H23N3O. The minimum Gasteiger partial charge on any atom is -0.369 e. The summed E-state index contributed by atoms with van der Waals surface area (Å²) in [6.45, 7) is 7.68. The van der Waals surface area contributed by atoms with Gasteiger partial charge in [0.25, 0.3) is 0 Å². The predicted molar refractivity (Wildman–Crippen MR) is 78.4 cm³/mol. The Kier molecular flexibility index (Phi) is 4.80. The number of amides is 1. The van der Waals surface area contributed by atoms with Crippen LogP contribution in [0, 0.1) is 0 Å². The highest BCUT2D eigenvalue weighted by molar-refractivity contribution is 5.77. The third kappa shape index (κ3) is 3.70. The summed E-state index contributed by atoms with van der Waals surface area (Å²) in [4.78, 5) is 13.6. The summed E-state index contributed by atoms with van der Waals surface area (Å²) in [7, 11) is 0. The zero-order valence-corrected chi connectivity index (χ0v) is 11.8. The van der Waals surface area contributed by atoms with Crippen molar-refractivity contribution in [1.29, 1.82) is 0 Å². The van der Waals surface area contributed by atoms with Gasteiger partial charge < -0.3 is 15.5 Å². The van der Waals surface area contributed by atoms with E-state index in [-0.39, 0.29) is 5.91 Å². The zero-order chi connectivity index (χ0) is 13.7. The molecule has 4 nitrogen and oxygen atoms in total. The molecule has 1 heterocycles. The lowest BCUT2D eigenvalue weighted by Crippen LogP contribution is -2.28. The molecule has 0 spiro atoms. The lowest BCUT2D eigenvalue weighted by Gasteiger charge is -2.22. The molecule has 19 heavy (non-hydrogen) atoms. The normalized spacial score (nSPS) is 17.8. The molecule has 4 heteroatoms. The minimum atomic E-state index is 0.153. The molecule has 1 aromatic rings. The average molecular weight is 261 g/mol. The second-order valence-electron chi connectivity index (χ2n) is 4.96. The van der Waals surface area contributed by atoms with E-state index in [0.717, 1.165) is 26.2 Å². The minimum absolute atomic E-state index is 0.153. The van der Waals surface area contributed by atoms with Crippen LogP contribution in [0.3, 0.4) is 0 Å². The standard InChI is InChI=1S/C15H23N3O/c1-3-16-12(2)13-4-6-14(7-5-13)18-10-8-15(19)17-9-11-18/h4-7,12,16H,3,8-11H2,1-2H3,(H,17,19). The molecule has 1 fully saturated rings. The fourth-order valence-corrected chi connectivity index (χ4v) is 2.42. The van der Waals surface area contributed by atoms with Crippen LogP contribution in [0.5, 0.6) is 0 Å².